The van der Waals surface area contributed by atoms with E-state index in [1.807, 2.05) is 7.11 Å². The highest BCUT2D eigenvalue weighted by Crippen LogP contribution is 2.20. The van der Waals surface area contributed by atoms with Gasteiger partial charge < -0.3 is 10.1 Å². The van der Waals surface area contributed by atoms with Crippen LogP contribution in [0.5, 0.6) is 0 Å². The summed E-state index contributed by atoms with van der Waals surface area (Å²) in [5.74, 6) is 0.811. The predicted octanol–water partition coefficient (Wildman–Crippen LogP) is 0.707. The molecule has 3 heteroatoms. The van der Waals surface area contributed by atoms with Gasteiger partial charge in [-0.05, 0) is 44.8 Å². The van der Waals surface area contributed by atoms with E-state index in [4.69, 9.17) is 4.74 Å². The van der Waals surface area contributed by atoms with Gasteiger partial charge in [-0.25, -0.2) is 0 Å². The van der Waals surface area contributed by atoms with Crippen molar-refractivity contribution in [3.63, 3.8) is 0 Å². The average molecular weight is 198 g/mol. The lowest BCUT2D eigenvalue weighted by atomic mass is 9.96. The third-order valence-electron chi connectivity index (χ3n) is 3.60. The van der Waals surface area contributed by atoms with Gasteiger partial charge in [0.1, 0.15) is 0 Å². The Morgan fingerprint density at radius 3 is 2.64 bits per heavy atom. The van der Waals surface area contributed by atoms with Crippen molar-refractivity contribution in [3.05, 3.63) is 0 Å². The third-order valence-corrected chi connectivity index (χ3v) is 3.60. The van der Waals surface area contributed by atoms with Crippen LogP contribution in [0.2, 0.25) is 0 Å². The van der Waals surface area contributed by atoms with Crippen LogP contribution in [0, 0.1) is 5.92 Å². The monoisotopic (exact) mass is 198 g/mol. The number of hydrogen-bond donors (Lipinski definition) is 1. The van der Waals surface area contributed by atoms with E-state index < -0.39 is 0 Å². The zero-order chi connectivity index (χ0) is 9.80. The molecule has 2 fully saturated rings. The first-order valence-electron chi connectivity index (χ1n) is 5.84. The molecule has 0 spiro atoms. The second-order valence-electron chi connectivity index (χ2n) is 4.58. The van der Waals surface area contributed by atoms with Crippen molar-refractivity contribution < 1.29 is 4.74 Å². The van der Waals surface area contributed by atoms with Gasteiger partial charge in [-0.15, -0.1) is 0 Å². The molecule has 1 N–H and O–H groups in total. The summed E-state index contributed by atoms with van der Waals surface area (Å²) in [6.07, 6.45) is 3.99. The summed E-state index contributed by atoms with van der Waals surface area (Å²) >= 11 is 0. The van der Waals surface area contributed by atoms with Crippen molar-refractivity contribution in [1.29, 1.82) is 0 Å². The van der Waals surface area contributed by atoms with E-state index in [1.165, 1.54) is 45.4 Å². The fourth-order valence-electron chi connectivity index (χ4n) is 2.67. The highest BCUT2D eigenvalue weighted by Gasteiger charge is 2.26. The lowest BCUT2D eigenvalue weighted by Crippen LogP contribution is -2.43. The Bertz CT molecular complexity index is 161. The van der Waals surface area contributed by atoms with Crippen LogP contribution in [0.4, 0.5) is 0 Å². The fraction of sp³-hybridized carbons (Fsp3) is 1.00. The lowest BCUT2D eigenvalue weighted by Gasteiger charge is -2.35. The molecular weight excluding hydrogens is 176 g/mol. The van der Waals surface area contributed by atoms with Crippen LogP contribution in [0.15, 0.2) is 0 Å². The molecule has 0 aromatic heterocycles. The Balaban J connectivity index is 1.72. The minimum Gasteiger partial charge on any atom is -0.384 e. The highest BCUT2D eigenvalue weighted by atomic mass is 16.5. The van der Waals surface area contributed by atoms with E-state index in [0.717, 1.165) is 18.6 Å². The molecule has 1 unspecified atom stereocenters. The van der Waals surface area contributed by atoms with Gasteiger partial charge in [0.15, 0.2) is 0 Å². The van der Waals surface area contributed by atoms with E-state index in [-0.39, 0.29) is 0 Å². The number of piperidine rings is 1. The van der Waals surface area contributed by atoms with E-state index >= 15 is 0 Å². The Hall–Kier alpha value is -0.120. The van der Waals surface area contributed by atoms with Crippen LogP contribution >= 0.6 is 0 Å². The molecule has 2 heterocycles. The van der Waals surface area contributed by atoms with E-state index in [0.29, 0.717) is 0 Å². The van der Waals surface area contributed by atoms with Crippen molar-refractivity contribution in [2.75, 3.05) is 39.9 Å². The van der Waals surface area contributed by atoms with Crippen molar-refractivity contribution >= 4 is 0 Å². The molecule has 82 valence electrons. The number of likely N-dealkylation sites (tertiary alicyclic amines) is 1. The maximum atomic E-state index is 5.21. The van der Waals surface area contributed by atoms with Crippen molar-refractivity contribution in [2.24, 2.45) is 5.92 Å². The Morgan fingerprint density at radius 1 is 1.29 bits per heavy atom. The number of nitrogens with zero attached hydrogens (tertiary/aromatic N) is 1. The smallest absolute Gasteiger partial charge is 0.0491 e. The van der Waals surface area contributed by atoms with Crippen LogP contribution in [-0.4, -0.2) is 50.8 Å². The summed E-state index contributed by atoms with van der Waals surface area (Å²) in [5.41, 5.74) is 0. The zero-order valence-electron chi connectivity index (χ0n) is 9.17. The van der Waals surface area contributed by atoms with Gasteiger partial charge in [0.05, 0.1) is 0 Å². The molecule has 0 radical (unpaired) electrons. The van der Waals surface area contributed by atoms with Crippen LogP contribution in [0.25, 0.3) is 0 Å². The lowest BCUT2D eigenvalue weighted by molar-refractivity contribution is 0.0836. The molecule has 0 bridgehead atoms. The summed E-state index contributed by atoms with van der Waals surface area (Å²) in [7, 11) is 1.81. The molecule has 2 rings (SSSR count). The largest absolute Gasteiger partial charge is 0.384 e. The topological polar surface area (TPSA) is 24.5 Å². The van der Waals surface area contributed by atoms with Crippen LogP contribution in [0.1, 0.15) is 19.3 Å². The van der Waals surface area contributed by atoms with Gasteiger partial charge in [0, 0.05) is 26.3 Å². The van der Waals surface area contributed by atoms with Gasteiger partial charge in [0.2, 0.25) is 0 Å². The second-order valence-corrected chi connectivity index (χ2v) is 4.58. The molecule has 14 heavy (non-hydrogen) atoms. The Labute approximate surface area is 86.8 Å². The molecule has 3 nitrogen and oxygen atoms in total. The van der Waals surface area contributed by atoms with E-state index in [9.17, 15) is 0 Å². The maximum Gasteiger partial charge on any atom is 0.0491 e. The summed E-state index contributed by atoms with van der Waals surface area (Å²) in [4.78, 5) is 2.66. The number of hydrogen-bond acceptors (Lipinski definition) is 3. The van der Waals surface area contributed by atoms with Gasteiger partial charge >= 0.3 is 0 Å². The van der Waals surface area contributed by atoms with Crippen LogP contribution in [0.3, 0.4) is 0 Å². The predicted molar refractivity (Wildman–Crippen MR) is 57.4 cm³/mol. The maximum absolute atomic E-state index is 5.21. The standard InChI is InChI=1S/C11H22N2O/c1-14-9-10-3-6-13(7-4-10)11-2-5-12-8-11/h10-12H,2-9H2,1H3. The molecule has 0 aromatic carbocycles. The molecule has 0 aromatic rings. The SMILES string of the molecule is COCC1CCN(C2CCNC2)CC1. The van der Waals surface area contributed by atoms with E-state index in [1.54, 1.807) is 0 Å². The summed E-state index contributed by atoms with van der Waals surface area (Å²) in [6, 6.07) is 0.818. The summed E-state index contributed by atoms with van der Waals surface area (Å²) in [5, 5.41) is 3.44. The summed E-state index contributed by atoms with van der Waals surface area (Å²) in [6.45, 7) is 5.93. The van der Waals surface area contributed by atoms with Gasteiger partial charge in [-0.3, -0.25) is 4.90 Å². The van der Waals surface area contributed by atoms with Gasteiger partial charge in [0.25, 0.3) is 0 Å². The minimum absolute atomic E-state index is 0.811. The summed E-state index contributed by atoms with van der Waals surface area (Å²) < 4.78 is 5.21. The van der Waals surface area contributed by atoms with Crippen LogP contribution in [-0.2, 0) is 4.74 Å². The molecule has 0 amide bonds. The second kappa shape index (κ2) is 5.10. The molecule has 0 aliphatic carbocycles. The number of methoxy groups -OCH3 is 1. The Morgan fingerprint density at radius 2 is 2.07 bits per heavy atom. The minimum atomic E-state index is 0.811. The average Bonchev–Trinajstić information content (AvgIpc) is 2.72. The van der Waals surface area contributed by atoms with Gasteiger partial charge in [-0.1, -0.05) is 0 Å². The molecular formula is C11H22N2O. The zero-order valence-corrected chi connectivity index (χ0v) is 9.17. The first-order valence-corrected chi connectivity index (χ1v) is 5.84. The third kappa shape index (κ3) is 2.47. The molecule has 1 atom stereocenters. The number of ether oxygens (including phenoxy) is 1. The fourth-order valence-corrected chi connectivity index (χ4v) is 2.67. The van der Waals surface area contributed by atoms with Crippen molar-refractivity contribution in [2.45, 2.75) is 25.3 Å². The molecule has 2 aliphatic heterocycles. The van der Waals surface area contributed by atoms with Crippen molar-refractivity contribution in [3.8, 4) is 0 Å². The molecule has 2 saturated heterocycles. The highest BCUT2D eigenvalue weighted by molar-refractivity contribution is 4.83. The molecule has 0 saturated carbocycles. The quantitative estimate of drug-likeness (QED) is 0.723. The normalized spacial score (nSPS) is 31.1. The number of nitrogens with one attached hydrogen (secondary N) is 1. The van der Waals surface area contributed by atoms with Crippen LogP contribution < -0.4 is 5.32 Å². The number of rotatable bonds is 3. The van der Waals surface area contributed by atoms with Crippen molar-refractivity contribution in [1.82, 2.24) is 10.2 Å². The van der Waals surface area contributed by atoms with Gasteiger partial charge in [-0.2, -0.15) is 0 Å². The molecule has 2 aliphatic rings. The first kappa shape index (κ1) is 10.4. The van der Waals surface area contributed by atoms with E-state index in [2.05, 4.69) is 10.2 Å². The Kier molecular flexibility index (Phi) is 3.79. The first-order chi connectivity index (χ1) is 6.90.